The number of phenols is 1. The summed E-state index contributed by atoms with van der Waals surface area (Å²) in [5.41, 5.74) is 1.20. The van der Waals surface area contributed by atoms with Crippen molar-refractivity contribution in [2.45, 2.75) is 0 Å². The minimum atomic E-state index is -0.225. The van der Waals surface area contributed by atoms with Gasteiger partial charge in [0.05, 0.1) is 12.7 Å². The third-order valence-electron chi connectivity index (χ3n) is 2.77. The number of hydrogen-bond acceptors (Lipinski definition) is 3. The van der Waals surface area contributed by atoms with Crippen LogP contribution < -0.4 is 4.74 Å². The van der Waals surface area contributed by atoms with E-state index in [0.717, 1.165) is 14.9 Å². The molecule has 0 spiro atoms. The van der Waals surface area contributed by atoms with Gasteiger partial charge in [0.2, 0.25) is 0 Å². The number of aromatic hydroxyl groups is 1. The van der Waals surface area contributed by atoms with Gasteiger partial charge in [-0.3, -0.25) is 4.79 Å². The Labute approximate surface area is 131 Å². The zero-order chi connectivity index (χ0) is 14.5. The van der Waals surface area contributed by atoms with E-state index < -0.39 is 0 Å². The van der Waals surface area contributed by atoms with E-state index in [0.29, 0.717) is 5.56 Å². The monoisotopic (exact) mass is 380 g/mol. The van der Waals surface area contributed by atoms with Gasteiger partial charge in [0, 0.05) is 3.57 Å². The summed E-state index contributed by atoms with van der Waals surface area (Å²) in [7, 11) is 1.61. The van der Waals surface area contributed by atoms with Gasteiger partial charge >= 0.3 is 0 Å². The van der Waals surface area contributed by atoms with Crippen molar-refractivity contribution >= 4 is 34.5 Å². The second-order valence-corrected chi connectivity index (χ2v) is 5.38. The maximum atomic E-state index is 12.0. The van der Waals surface area contributed by atoms with Crippen molar-refractivity contribution in [3.63, 3.8) is 0 Å². The quantitative estimate of drug-likeness (QED) is 0.497. The molecule has 0 bridgehead atoms. The van der Waals surface area contributed by atoms with E-state index in [2.05, 4.69) is 22.6 Å². The molecule has 0 unspecified atom stereocenters. The van der Waals surface area contributed by atoms with Gasteiger partial charge < -0.3 is 9.84 Å². The van der Waals surface area contributed by atoms with Crippen LogP contribution in [0.3, 0.4) is 0 Å². The molecule has 102 valence electrons. The Morgan fingerprint density at radius 1 is 1.20 bits per heavy atom. The van der Waals surface area contributed by atoms with Gasteiger partial charge in [0.15, 0.2) is 5.78 Å². The van der Waals surface area contributed by atoms with Crippen molar-refractivity contribution in [2.75, 3.05) is 7.11 Å². The SMILES string of the molecule is COc1ccc(/C=C/C(=O)c2cc(I)ccc2O)cc1. The lowest BCUT2D eigenvalue weighted by Crippen LogP contribution is -1.95. The summed E-state index contributed by atoms with van der Waals surface area (Å²) < 4.78 is 5.97. The second-order valence-electron chi connectivity index (χ2n) is 4.13. The van der Waals surface area contributed by atoms with Crippen LogP contribution in [0, 0.1) is 3.57 Å². The molecular formula is C16H13IO3. The highest BCUT2D eigenvalue weighted by Crippen LogP contribution is 2.21. The largest absolute Gasteiger partial charge is 0.507 e. The molecule has 0 aliphatic heterocycles. The third kappa shape index (κ3) is 3.60. The van der Waals surface area contributed by atoms with Crippen LogP contribution in [-0.4, -0.2) is 18.0 Å². The van der Waals surface area contributed by atoms with Gasteiger partial charge in [-0.15, -0.1) is 0 Å². The number of allylic oxidation sites excluding steroid dienone is 1. The molecule has 0 saturated carbocycles. The van der Waals surface area contributed by atoms with Gasteiger partial charge in [-0.2, -0.15) is 0 Å². The molecule has 0 amide bonds. The number of methoxy groups -OCH3 is 1. The molecule has 20 heavy (non-hydrogen) atoms. The molecule has 0 atom stereocenters. The van der Waals surface area contributed by atoms with E-state index in [1.807, 2.05) is 24.3 Å². The third-order valence-corrected chi connectivity index (χ3v) is 3.44. The molecule has 0 heterocycles. The minimum absolute atomic E-state index is 0.00482. The van der Waals surface area contributed by atoms with Crippen LogP contribution in [0.25, 0.3) is 6.08 Å². The lowest BCUT2D eigenvalue weighted by atomic mass is 10.1. The summed E-state index contributed by atoms with van der Waals surface area (Å²) in [6.07, 6.45) is 3.16. The number of carbonyl (C=O) groups is 1. The average Bonchev–Trinajstić information content (AvgIpc) is 2.47. The zero-order valence-corrected chi connectivity index (χ0v) is 13.0. The fourth-order valence-electron chi connectivity index (χ4n) is 1.68. The van der Waals surface area contributed by atoms with Gasteiger partial charge in [-0.1, -0.05) is 18.2 Å². The number of ketones is 1. The standard InChI is InChI=1S/C16H13IO3/c1-20-13-6-2-11(3-7-13)4-8-15(18)14-10-12(17)5-9-16(14)19/h2-10,19H,1H3/b8-4+. The van der Waals surface area contributed by atoms with Crippen molar-refractivity contribution in [1.29, 1.82) is 0 Å². The normalized spacial score (nSPS) is 10.7. The van der Waals surface area contributed by atoms with E-state index >= 15 is 0 Å². The van der Waals surface area contributed by atoms with E-state index in [1.54, 1.807) is 25.3 Å². The number of rotatable bonds is 4. The van der Waals surface area contributed by atoms with Crippen LogP contribution in [0.15, 0.2) is 48.5 Å². The Balaban J connectivity index is 2.17. The van der Waals surface area contributed by atoms with Gasteiger partial charge in [0.25, 0.3) is 0 Å². The summed E-state index contributed by atoms with van der Waals surface area (Å²) in [5.74, 6) is 0.537. The molecule has 2 aromatic carbocycles. The molecule has 0 radical (unpaired) electrons. The summed E-state index contributed by atoms with van der Waals surface area (Å²) in [6.45, 7) is 0. The molecule has 4 heteroatoms. The van der Waals surface area contributed by atoms with Crippen molar-refractivity contribution in [2.24, 2.45) is 0 Å². The predicted octanol–water partition coefficient (Wildman–Crippen LogP) is 3.90. The first kappa shape index (κ1) is 14.6. The van der Waals surface area contributed by atoms with Crippen molar-refractivity contribution < 1.29 is 14.6 Å². The fraction of sp³-hybridized carbons (Fsp3) is 0.0625. The van der Waals surface area contributed by atoms with E-state index in [9.17, 15) is 9.90 Å². The summed E-state index contributed by atoms with van der Waals surface area (Å²) in [4.78, 5) is 12.0. The molecule has 0 aromatic heterocycles. The smallest absolute Gasteiger partial charge is 0.189 e. The molecule has 0 saturated heterocycles. The highest BCUT2D eigenvalue weighted by Gasteiger charge is 2.08. The molecule has 2 rings (SSSR count). The van der Waals surface area contributed by atoms with Crippen molar-refractivity contribution in [3.8, 4) is 11.5 Å². The van der Waals surface area contributed by atoms with Crippen molar-refractivity contribution in [1.82, 2.24) is 0 Å². The van der Waals surface area contributed by atoms with Crippen LogP contribution in [0.1, 0.15) is 15.9 Å². The number of phenolic OH excluding ortho intramolecular Hbond substituents is 1. The molecule has 0 aliphatic rings. The molecule has 0 fully saturated rings. The van der Waals surface area contributed by atoms with Crippen LogP contribution in [0.2, 0.25) is 0 Å². The zero-order valence-electron chi connectivity index (χ0n) is 10.8. The Bertz CT molecular complexity index is 645. The summed E-state index contributed by atoms with van der Waals surface area (Å²) >= 11 is 2.10. The lowest BCUT2D eigenvalue weighted by molar-refractivity contribution is 0.104. The predicted molar refractivity (Wildman–Crippen MR) is 87.2 cm³/mol. The maximum Gasteiger partial charge on any atom is 0.189 e. The molecule has 3 nitrogen and oxygen atoms in total. The Hall–Kier alpha value is -1.82. The van der Waals surface area contributed by atoms with Crippen LogP contribution in [0.4, 0.5) is 0 Å². The highest BCUT2D eigenvalue weighted by molar-refractivity contribution is 14.1. The van der Waals surface area contributed by atoms with E-state index in [1.165, 1.54) is 12.1 Å². The Morgan fingerprint density at radius 3 is 2.55 bits per heavy atom. The number of benzene rings is 2. The fourth-order valence-corrected chi connectivity index (χ4v) is 2.17. The molecule has 2 aromatic rings. The van der Waals surface area contributed by atoms with Gasteiger partial charge in [-0.05, 0) is 64.6 Å². The molecule has 0 aliphatic carbocycles. The number of halogens is 1. The molecular weight excluding hydrogens is 367 g/mol. The lowest BCUT2D eigenvalue weighted by Gasteiger charge is -2.01. The summed E-state index contributed by atoms with van der Waals surface area (Å²) in [6, 6.07) is 12.3. The highest BCUT2D eigenvalue weighted by atomic mass is 127. The van der Waals surface area contributed by atoms with Crippen LogP contribution >= 0.6 is 22.6 Å². The number of hydrogen-bond donors (Lipinski definition) is 1. The van der Waals surface area contributed by atoms with E-state index in [-0.39, 0.29) is 11.5 Å². The maximum absolute atomic E-state index is 12.0. The second kappa shape index (κ2) is 6.56. The number of ether oxygens (including phenoxy) is 1. The Kier molecular flexibility index (Phi) is 4.79. The topological polar surface area (TPSA) is 46.5 Å². The van der Waals surface area contributed by atoms with Gasteiger partial charge in [0.1, 0.15) is 11.5 Å². The number of carbonyl (C=O) groups excluding carboxylic acids is 1. The van der Waals surface area contributed by atoms with Crippen LogP contribution in [-0.2, 0) is 0 Å². The van der Waals surface area contributed by atoms with E-state index in [4.69, 9.17) is 4.74 Å². The molecule has 1 N–H and O–H groups in total. The first-order chi connectivity index (χ1) is 9.60. The first-order valence-corrected chi connectivity index (χ1v) is 7.03. The van der Waals surface area contributed by atoms with Crippen molar-refractivity contribution in [3.05, 3.63) is 63.2 Å². The van der Waals surface area contributed by atoms with Gasteiger partial charge in [-0.25, -0.2) is 0 Å². The minimum Gasteiger partial charge on any atom is -0.507 e. The summed E-state index contributed by atoms with van der Waals surface area (Å²) in [5, 5.41) is 9.70. The van der Waals surface area contributed by atoms with Crippen LogP contribution in [0.5, 0.6) is 11.5 Å². The Morgan fingerprint density at radius 2 is 1.90 bits per heavy atom. The first-order valence-electron chi connectivity index (χ1n) is 5.95. The average molecular weight is 380 g/mol.